The molecule has 2 heterocycles. The molecule has 4 aromatic carbocycles. The van der Waals surface area contributed by atoms with Crippen molar-refractivity contribution in [3.05, 3.63) is 108 Å². The van der Waals surface area contributed by atoms with E-state index >= 15 is 0 Å². The number of alkyl halides is 6. The maximum Gasteiger partial charge on any atom is 0.411 e. The zero-order chi connectivity index (χ0) is 29.2. The number of fused-ring (bicyclic) bond motifs is 2. The molecule has 0 aliphatic heterocycles. The minimum Gasteiger partial charge on any atom is -0.398 e. The standard InChI is InChI=1S/C31H22F6N4/c32-30(33,34)29(31(35,36)37,19-9-11-21(23(38)15-19)27-13-17-5-1-3-7-25(17)40-27)20-10-12-22(24(39)16-20)28-14-18-6-2-4-8-26(18)41-28/h1-16,40-41H,38-39H2. The molecule has 0 atom stereocenters. The fraction of sp³-hybridized carbons (Fsp3) is 0.0968. The predicted molar refractivity (Wildman–Crippen MR) is 149 cm³/mol. The van der Waals surface area contributed by atoms with Crippen LogP contribution in [0.1, 0.15) is 11.1 Å². The summed E-state index contributed by atoms with van der Waals surface area (Å²) in [6.07, 6.45) is -11.6. The number of nitrogens with two attached hydrogens (primary N) is 2. The Morgan fingerprint density at radius 2 is 0.878 bits per heavy atom. The van der Waals surface area contributed by atoms with E-state index in [0.717, 1.165) is 46.1 Å². The van der Waals surface area contributed by atoms with Gasteiger partial charge < -0.3 is 21.4 Å². The number of nitrogen functional groups attached to an aromatic ring is 2. The van der Waals surface area contributed by atoms with Crippen molar-refractivity contribution in [1.29, 1.82) is 0 Å². The zero-order valence-corrected chi connectivity index (χ0v) is 21.2. The van der Waals surface area contributed by atoms with Gasteiger partial charge in [-0.1, -0.05) is 60.7 Å². The summed E-state index contributed by atoms with van der Waals surface area (Å²) >= 11 is 0. The van der Waals surface area contributed by atoms with Gasteiger partial charge >= 0.3 is 12.4 Å². The van der Waals surface area contributed by atoms with Crippen molar-refractivity contribution in [3.63, 3.8) is 0 Å². The molecule has 41 heavy (non-hydrogen) atoms. The molecular weight excluding hydrogens is 542 g/mol. The molecule has 4 nitrogen and oxygen atoms in total. The lowest BCUT2D eigenvalue weighted by Gasteiger charge is -2.38. The van der Waals surface area contributed by atoms with Crippen LogP contribution >= 0.6 is 0 Å². The van der Waals surface area contributed by atoms with Crippen LogP contribution in [-0.2, 0) is 5.41 Å². The van der Waals surface area contributed by atoms with Gasteiger partial charge in [0.1, 0.15) is 0 Å². The van der Waals surface area contributed by atoms with Crippen LogP contribution in [0.5, 0.6) is 0 Å². The van der Waals surface area contributed by atoms with Crippen molar-refractivity contribution in [2.75, 3.05) is 11.5 Å². The van der Waals surface area contributed by atoms with Gasteiger partial charge in [0.05, 0.1) is 0 Å². The number of halogens is 6. The van der Waals surface area contributed by atoms with Crippen LogP contribution in [-0.4, -0.2) is 22.3 Å². The summed E-state index contributed by atoms with van der Waals surface area (Å²) in [6, 6.07) is 23.4. The third-order valence-electron chi connectivity index (χ3n) is 7.46. The second kappa shape index (κ2) is 9.09. The van der Waals surface area contributed by atoms with Gasteiger partial charge in [0.2, 0.25) is 5.41 Å². The molecule has 10 heteroatoms. The van der Waals surface area contributed by atoms with Crippen LogP contribution in [0.2, 0.25) is 0 Å². The maximum absolute atomic E-state index is 14.8. The van der Waals surface area contributed by atoms with E-state index < -0.39 is 28.9 Å². The first kappa shape index (κ1) is 26.4. The Balaban J connectivity index is 1.51. The summed E-state index contributed by atoms with van der Waals surface area (Å²) in [5.41, 5.74) is 8.22. The summed E-state index contributed by atoms with van der Waals surface area (Å²) in [6.45, 7) is 0. The van der Waals surface area contributed by atoms with E-state index in [1.807, 2.05) is 24.3 Å². The summed E-state index contributed by atoms with van der Waals surface area (Å²) in [5, 5.41) is 1.63. The lowest BCUT2D eigenvalue weighted by Crippen LogP contribution is -2.54. The Labute approximate surface area is 229 Å². The van der Waals surface area contributed by atoms with Crippen molar-refractivity contribution in [2.24, 2.45) is 0 Å². The van der Waals surface area contributed by atoms with E-state index in [0.29, 0.717) is 11.4 Å². The highest BCUT2D eigenvalue weighted by atomic mass is 19.4. The van der Waals surface area contributed by atoms with Crippen LogP contribution < -0.4 is 11.5 Å². The molecular formula is C31H22F6N4. The molecule has 6 rings (SSSR count). The molecule has 6 N–H and O–H groups in total. The molecule has 0 saturated carbocycles. The largest absolute Gasteiger partial charge is 0.411 e. The van der Waals surface area contributed by atoms with E-state index in [1.54, 1.807) is 36.4 Å². The molecule has 0 amide bonds. The molecule has 2 aromatic heterocycles. The number of aromatic nitrogens is 2. The highest BCUT2D eigenvalue weighted by Gasteiger charge is 2.72. The number of nitrogens with one attached hydrogen (secondary N) is 2. The third kappa shape index (κ3) is 4.09. The third-order valence-corrected chi connectivity index (χ3v) is 7.46. The highest BCUT2D eigenvalue weighted by Crippen LogP contribution is 2.57. The SMILES string of the molecule is Nc1cc(C(c2ccc(-c3cc4ccccc4[nH]3)c(N)c2)(C(F)(F)F)C(F)(F)F)ccc1-c1cc2ccccc2[nH]1. The van der Waals surface area contributed by atoms with Crippen molar-refractivity contribution < 1.29 is 26.3 Å². The van der Waals surface area contributed by atoms with Gasteiger partial charge in [-0.05, 0) is 47.5 Å². The Morgan fingerprint density at radius 1 is 0.488 bits per heavy atom. The molecule has 0 unspecified atom stereocenters. The lowest BCUT2D eigenvalue weighted by molar-refractivity contribution is -0.288. The Bertz CT molecular complexity index is 1710. The first-order chi connectivity index (χ1) is 19.4. The molecule has 0 fully saturated rings. The minimum absolute atomic E-state index is 0.241. The van der Waals surface area contributed by atoms with Crippen LogP contribution in [0.3, 0.4) is 0 Å². The fourth-order valence-corrected chi connectivity index (χ4v) is 5.50. The topological polar surface area (TPSA) is 83.6 Å². The van der Waals surface area contributed by atoms with Gasteiger partial charge in [0.15, 0.2) is 0 Å². The van der Waals surface area contributed by atoms with Gasteiger partial charge in [0.25, 0.3) is 0 Å². The Morgan fingerprint density at radius 3 is 1.22 bits per heavy atom. The van der Waals surface area contributed by atoms with Crippen molar-refractivity contribution >= 4 is 33.2 Å². The average Bonchev–Trinajstić information content (AvgIpc) is 3.52. The van der Waals surface area contributed by atoms with Crippen LogP contribution in [0, 0.1) is 0 Å². The predicted octanol–water partition coefficient (Wildman–Crippen LogP) is 8.56. The van der Waals surface area contributed by atoms with Crippen molar-refractivity contribution in [2.45, 2.75) is 17.8 Å². The number of benzene rings is 4. The number of rotatable bonds is 4. The van der Waals surface area contributed by atoms with E-state index in [4.69, 9.17) is 11.5 Å². The smallest absolute Gasteiger partial charge is 0.398 e. The summed E-state index contributed by atoms with van der Waals surface area (Å²) in [7, 11) is 0. The van der Waals surface area contributed by atoms with Gasteiger partial charge in [-0.2, -0.15) is 26.3 Å². The van der Waals surface area contributed by atoms with E-state index in [9.17, 15) is 26.3 Å². The highest BCUT2D eigenvalue weighted by molar-refractivity contribution is 5.90. The van der Waals surface area contributed by atoms with Crippen LogP contribution in [0.25, 0.3) is 44.3 Å². The van der Waals surface area contributed by atoms with E-state index in [2.05, 4.69) is 9.97 Å². The fourth-order valence-electron chi connectivity index (χ4n) is 5.50. The summed E-state index contributed by atoms with van der Waals surface area (Å²) in [5.74, 6) is 0. The van der Waals surface area contributed by atoms with Gasteiger partial charge in [0, 0.05) is 55.7 Å². The molecule has 0 bridgehead atoms. The quantitative estimate of drug-likeness (QED) is 0.128. The molecule has 208 valence electrons. The van der Waals surface area contributed by atoms with Crippen molar-refractivity contribution in [1.82, 2.24) is 9.97 Å². The van der Waals surface area contributed by atoms with Crippen LogP contribution in [0.4, 0.5) is 37.7 Å². The number of hydrogen-bond donors (Lipinski definition) is 4. The summed E-state index contributed by atoms with van der Waals surface area (Å²) < 4.78 is 88.9. The normalized spacial score (nSPS) is 12.8. The second-order valence-corrected chi connectivity index (χ2v) is 9.89. The monoisotopic (exact) mass is 564 g/mol. The Kier molecular flexibility index (Phi) is 5.84. The van der Waals surface area contributed by atoms with E-state index in [1.165, 1.54) is 12.1 Å². The number of para-hydroxylation sites is 2. The number of H-pyrrole nitrogens is 2. The average molecular weight is 565 g/mol. The molecule has 0 spiro atoms. The molecule has 0 radical (unpaired) electrons. The number of aromatic amines is 2. The first-order valence-corrected chi connectivity index (χ1v) is 12.5. The van der Waals surface area contributed by atoms with Crippen LogP contribution in [0.15, 0.2) is 97.1 Å². The molecule has 0 aliphatic rings. The lowest BCUT2D eigenvalue weighted by atomic mass is 9.72. The molecule has 0 saturated heterocycles. The van der Waals surface area contributed by atoms with Crippen molar-refractivity contribution in [3.8, 4) is 22.5 Å². The number of hydrogen-bond acceptors (Lipinski definition) is 2. The van der Waals surface area contributed by atoms with Gasteiger partial charge in [-0.15, -0.1) is 0 Å². The maximum atomic E-state index is 14.8. The molecule has 0 aliphatic carbocycles. The van der Waals surface area contributed by atoms with Gasteiger partial charge in [-0.25, -0.2) is 0 Å². The Hall–Kier alpha value is -4.86. The summed E-state index contributed by atoms with van der Waals surface area (Å²) in [4.78, 5) is 6.20. The second-order valence-electron chi connectivity index (χ2n) is 9.89. The molecule has 6 aromatic rings. The van der Waals surface area contributed by atoms with Gasteiger partial charge in [-0.3, -0.25) is 0 Å². The van der Waals surface area contributed by atoms with E-state index in [-0.39, 0.29) is 22.5 Å². The first-order valence-electron chi connectivity index (χ1n) is 12.5. The number of anilines is 2. The zero-order valence-electron chi connectivity index (χ0n) is 21.2. The minimum atomic E-state index is -5.78.